The molecule has 4 heteroatoms. The van der Waals surface area contributed by atoms with Crippen molar-refractivity contribution in [2.75, 3.05) is 6.54 Å². The number of amides is 1. The van der Waals surface area contributed by atoms with E-state index in [1.54, 1.807) is 0 Å². The lowest BCUT2D eigenvalue weighted by Gasteiger charge is -2.50. The highest BCUT2D eigenvalue weighted by molar-refractivity contribution is 5.85. The molecule has 19 heavy (non-hydrogen) atoms. The Morgan fingerprint density at radius 1 is 1.47 bits per heavy atom. The van der Waals surface area contributed by atoms with Crippen LogP contribution in [0, 0.1) is 5.92 Å². The zero-order valence-electron chi connectivity index (χ0n) is 11.0. The topological polar surface area (TPSA) is 57.6 Å². The first-order valence-electron chi connectivity index (χ1n) is 6.99. The van der Waals surface area contributed by atoms with Crippen molar-refractivity contribution in [2.24, 2.45) is 5.92 Å². The molecule has 3 aliphatic rings. The lowest BCUT2D eigenvalue weighted by molar-refractivity contribution is -0.131. The molecule has 4 nitrogen and oxygen atoms in total. The number of carboxylic acids is 1. The fraction of sp³-hybridized carbons (Fsp3) is 0.600. The third-order valence-corrected chi connectivity index (χ3v) is 5.05. The second-order valence-corrected chi connectivity index (χ2v) is 5.85. The summed E-state index contributed by atoms with van der Waals surface area (Å²) in [6, 6.07) is 0. The standard InChI is InChI=1S/C15H19NO3/c1-10-11(8-14(18)19)5-7-16-13(17)9-12-4-2-3-6-15(10,12)16/h8,12H,1-7,9H2,(H,18,19)/b11-8-/t12-,15+/m0/s1. The number of nitrogens with zero attached hydrogens (tertiary/aromatic N) is 1. The average molecular weight is 261 g/mol. The van der Waals surface area contributed by atoms with E-state index in [9.17, 15) is 9.59 Å². The highest BCUT2D eigenvalue weighted by Gasteiger charge is 2.56. The monoisotopic (exact) mass is 261 g/mol. The van der Waals surface area contributed by atoms with Crippen molar-refractivity contribution in [3.63, 3.8) is 0 Å². The maximum Gasteiger partial charge on any atom is 0.328 e. The van der Waals surface area contributed by atoms with Crippen LogP contribution >= 0.6 is 0 Å². The molecule has 3 fully saturated rings. The summed E-state index contributed by atoms with van der Waals surface area (Å²) < 4.78 is 0. The summed E-state index contributed by atoms with van der Waals surface area (Å²) >= 11 is 0. The van der Waals surface area contributed by atoms with Crippen molar-refractivity contribution < 1.29 is 14.7 Å². The molecule has 1 amide bonds. The van der Waals surface area contributed by atoms with Crippen LogP contribution in [0.3, 0.4) is 0 Å². The van der Waals surface area contributed by atoms with Crippen LogP contribution in [-0.4, -0.2) is 34.0 Å². The van der Waals surface area contributed by atoms with E-state index in [1.807, 2.05) is 4.90 Å². The van der Waals surface area contributed by atoms with E-state index in [1.165, 1.54) is 12.5 Å². The average Bonchev–Trinajstić information content (AvgIpc) is 2.66. The van der Waals surface area contributed by atoms with Gasteiger partial charge in [-0.05, 0) is 36.3 Å². The highest BCUT2D eigenvalue weighted by atomic mass is 16.4. The molecule has 3 rings (SSSR count). The summed E-state index contributed by atoms with van der Waals surface area (Å²) in [6.07, 6.45) is 6.77. The van der Waals surface area contributed by atoms with Gasteiger partial charge in [0.25, 0.3) is 0 Å². The van der Waals surface area contributed by atoms with Gasteiger partial charge in [0.15, 0.2) is 0 Å². The van der Waals surface area contributed by atoms with Crippen LogP contribution in [0.1, 0.15) is 38.5 Å². The third kappa shape index (κ3) is 1.66. The summed E-state index contributed by atoms with van der Waals surface area (Å²) in [5.41, 5.74) is 1.44. The van der Waals surface area contributed by atoms with Gasteiger partial charge in [-0.3, -0.25) is 4.79 Å². The Balaban J connectivity index is 2.03. The van der Waals surface area contributed by atoms with E-state index < -0.39 is 5.97 Å². The minimum Gasteiger partial charge on any atom is -0.478 e. The first kappa shape index (κ1) is 12.5. The van der Waals surface area contributed by atoms with Crippen molar-refractivity contribution in [3.8, 4) is 0 Å². The van der Waals surface area contributed by atoms with Gasteiger partial charge in [-0.2, -0.15) is 0 Å². The van der Waals surface area contributed by atoms with Crippen molar-refractivity contribution in [3.05, 3.63) is 23.8 Å². The van der Waals surface area contributed by atoms with Crippen molar-refractivity contribution >= 4 is 11.9 Å². The van der Waals surface area contributed by atoms with Gasteiger partial charge < -0.3 is 10.0 Å². The van der Waals surface area contributed by atoms with Gasteiger partial charge >= 0.3 is 5.97 Å². The van der Waals surface area contributed by atoms with E-state index in [4.69, 9.17) is 5.11 Å². The van der Waals surface area contributed by atoms with Gasteiger partial charge in [0.05, 0.1) is 5.54 Å². The third-order valence-electron chi connectivity index (χ3n) is 5.05. The van der Waals surface area contributed by atoms with Crippen LogP contribution in [-0.2, 0) is 9.59 Å². The molecule has 0 aromatic heterocycles. The molecule has 1 N–H and O–H groups in total. The summed E-state index contributed by atoms with van der Waals surface area (Å²) in [4.78, 5) is 25.1. The van der Waals surface area contributed by atoms with Gasteiger partial charge in [-0.25, -0.2) is 4.79 Å². The Kier molecular flexibility index (Phi) is 2.77. The molecule has 2 aliphatic heterocycles. The number of rotatable bonds is 1. The molecule has 0 aromatic carbocycles. The van der Waals surface area contributed by atoms with Crippen molar-refractivity contribution in [1.29, 1.82) is 0 Å². The summed E-state index contributed by atoms with van der Waals surface area (Å²) in [7, 11) is 0. The van der Waals surface area contributed by atoms with Crippen LogP contribution < -0.4 is 0 Å². The molecule has 2 saturated heterocycles. The number of aliphatic carboxylic acids is 1. The molecule has 1 spiro atoms. The van der Waals surface area contributed by atoms with Crippen LogP contribution in [0.4, 0.5) is 0 Å². The van der Waals surface area contributed by atoms with Crippen LogP contribution in [0.2, 0.25) is 0 Å². The largest absolute Gasteiger partial charge is 0.478 e. The molecule has 0 unspecified atom stereocenters. The summed E-state index contributed by atoms with van der Waals surface area (Å²) in [5.74, 6) is -0.362. The number of piperidine rings is 1. The number of hydrogen-bond acceptors (Lipinski definition) is 2. The zero-order valence-corrected chi connectivity index (χ0v) is 11.0. The van der Waals surface area contributed by atoms with E-state index in [0.29, 0.717) is 25.3 Å². The minimum absolute atomic E-state index is 0.224. The fourth-order valence-electron chi connectivity index (χ4n) is 4.25. The molecule has 0 aromatic rings. The van der Waals surface area contributed by atoms with Crippen molar-refractivity contribution in [1.82, 2.24) is 4.90 Å². The summed E-state index contributed by atoms with van der Waals surface area (Å²) in [5, 5.41) is 8.97. The molecular weight excluding hydrogens is 242 g/mol. The first-order chi connectivity index (χ1) is 9.05. The van der Waals surface area contributed by atoms with Gasteiger partial charge in [-0.15, -0.1) is 0 Å². The zero-order chi connectivity index (χ0) is 13.6. The minimum atomic E-state index is -0.919. The Morgan fingerprint density at radius 2 is 2.26 bits per heavy atom. The van der Waals surface area contributed by atoms with E-state index in [0.717, 1.165) is 30.4 Å². The van der Waals surface area contributed by atoms with Crippen LogP contribution in [0.15, 0.2) is 23.8 Å². The maximum atomic E-state index is 12.2. The number of hydrogen-bond donors (Lipinski definition) is 1. The van der Waals surface area contributed by atoms with Gasteiger partial charge in [0.2, 0.25) is 5.91 Å². The van der Waals surface area contributed by atoms with E-state index in [2.05, 4.69) is 6.58 Å². The fourth-order valence-corrected chi connectivity index (χ4v) is 4.25. The molecule has 1 saturated carbocycles. The quantitative estimate of drug-likeness (QED) is 0.735. The lowest BCUT2D eigenvalue weighted by atomic mass is 9.66. The van der Waals surface area contributed by atoms with Gasteiger partial charge in [0, 0.05) is 19.0 Å². The normalized spacial score (nSPS) is 36.3. The summed E-state index contributed by atoms with van der Waals surface area (Å²) in [6.45, 7) is 4.82. The molecular formula is C15H19NO3. The Labute approximate surface area is 112 Å². The Bertz CT molecular complexity index is 494. The second kappa shape index (κ2) is 4.22. The number of carbonyl (C=O) groups excluding carboxylic acids is 1. The molecule has 102 valence electrons. The van der Waals surface area contributed by atoms with Gasteiger partial charge in [-0.1, -0.05) is 19.4 Å². The SMILES string of the molecule is C=C1/C(=C\C(=O)O)CCN2C(=O)C[C@@H]3CCCC[C@@]132. The Morgan fingerprint density at radius 3 is 3.00 bits per heavy atom. The molecule has 0 bridgehead atoms. The molecule has 1 aliphatic carbocycles. The highest BCUT2D eigenvalue weighted by Crippen LogP contribution is 2.53. The number of carboxylic acid groups (broad SMARTS) is 1. The van der Waals surface area contributed by atoms with E-state index >= 15 is 0 Å². The second-order valence-electron chi connectivity index (χ2n) is 5.85. The lowest BCUT2D eigenvalue weighted by Crippen LogP contribution is -2.55. The predicted molar refractivity (Wildman–Crippen MR) is 70.5 cm³/mol. The Hall–Kier alpha value is -1.58. The predicted octanol–water partition coefficient (Wildman–Crippen LogP) is 2.12. The van der Waals surface area contributed by atoms with Crippen LogP contribution in [0.5, 0.6) is 0 Å². The molecule has 0 radical (unpaired) electrons. The molecule has 2 heterocycles. The van der Waals surface area contributed by atoms with Crippen LogP contribution in [0.25, 0.3) is 0 Å². The maximum absolute atomic E-state index is 12.2. The number of carbonyl (C=O) groups is 2. The smallest absolute Gasteiger partial charge is 0.328 e. The van der Waals surface area contributed by atoms with E-state index in [-0.39, 0.29) is 11.4 Å². The van der Waals surface area contributed by atoms with Gasteiger partial charge in [0.1, 0.15) is 0 Å². The molecule has 2 atom stereocenters. The van der Waals surface area contributed by atoms with Crippen molar-refractivity contribution in [2.45, 2.75) is 44.1 Å². The first-order valence-corrected chi connectivity index (χ1v) is 6.99.